The molecule has 1 amide bonds. The van der Waals surface area contributed by atoms with E-state index in [1.165, 1.54) is 12.0 Å². The third-order valence-electron chi connectivity index (χ3n) is 6.23. The number of rotatable bonds is 9. The van der Waals surface area contributed by atoms with Crippen LogP contribution in [0.2, 0.25) is 0 Å². The maximum absolute atomic E-state index is 13.5. The second-order valence-electron chi connectivity index (χ2n) is 9.44. The van der Waals surface area contributed by atoms with Crippen LogP contribution in [-0.2, 0) is 9.59 Å². The van der Waals surface area contributed by atoms with Crippen molar-refractivity contribution >= 4 is 23.1 Å². The van der Waals surface area contributed by atoms with Gasteiger partial charge < -0.3 is 19.3 Å². The minimum Gasteiger partial charge on any atom is -0.507 e. The van der Waals surface area contributed by atoms with Crippen LogP contribution >= 0.6 is 0 Å². The molecule has 1 aliphatic heterocycles. The van der Waals surface area contributed by atoms with E-state index in [2.05, 4.69) is 0 Å². The van der Waals surface area contributed by atoms with Crippen molar-refractivity contribution in [1.29, 1.82) is 0 Å². The Hall–Kier alpha value is -4.26. The fourth-order valence-electron chi connectivity index (χ4n) is 4.53. The summed E-state index contributed by atoms with van der Waals surface area (Å²) < 4.78 is 17.0. The molecule has 3 aromatic carbocycles. The maximum atomic E-state index is 13.5. The summed E-state index contributed by atoms with van der Waals surface area (Å²) in [6.07, 6.45) is 0.806. The van der Waals surface area contributed by atoms with Crippen LogP contribution in [0.5, 0.6) is 17.2 Å². The van der Waals surface area contributed by atoms with Crippen LogP contribution in [0.25, 0.3) is 5.76 Å². The molecule has 7 heteroatoms. The highest BCUT2D eigenvalue weighted by Crippen LogP contribution is 2.43. The third kappa shape index (κ3) is 5.37. The zero-order valence-electron chi connectivity index (χ0n) is 22.4. The van der Waals surface area contributed by atoms with Crippen LogP contribution in [0, 0.1) is 6.92 Å². The number of ether oxygens (including phenoxy) is 3. The number of hydrogen-bond donors (Lipinski definition) is 1. The molecule has 1 N–H and O–H groups in total. The Balaban J connectivity index is 1.89. The summed E-state index contributed by atoms with van der Waals surface area (Å²) in [6.45, 7) is 8.32. The van der Waals surface area contributed by atoms with Crippen molar-refractivity contribution in [3.63, 3.8) is 0 Å². The molecule has 198 valence electrons. The molecule has 0 aliphatic carbocycles. The van der Waals surface area contributed by atoms with Crippen LogP contribution in [0.15, 0.2) is 72.3 Å². The molecular formula is C31H33NO6. The van der Waals surface area contributed by atoms with Gasteiger partial charge in [-0.25, -0.2) is 0 Å². The van der Waals surface area contributed by atoms with Crippen molar-refractivity contribution in [3.8, 4) is 17.2 Å². The number of ketones is 1. The standard InChI is InChI=1S/C31H33NO6/c1-6-15-37-26-14-13-22(16-20(26)4)29(33)27-28(21-9-7-12-25(17-21)38-19(2)3)32(31(35)30(27)34)23-10-8-11-24(18-23)36-5/h7-14,16-19,28,33H,6,15H2,1-5H3/b29-27+. The molecule has 1 atom stereocenters. The monoisotopic (exact) mass is 515 g/mol. The quantitative estimate of drug-likeness (QED) is 0.207. The molecule has 0 aromatic heterocycles. The van der Waals surface area contributed by atoms with Gasteiger partial charge >= 0.3 is 0 Å². The minimum atomic E-state index is -0.880. The molecule has 0 spiro atoms. The van der Waals surface area contributed by atoms with E-state index in [1.54, 1.807) is 48.5 Å². The predicted octanol–water partition coefficient (Wildman–Crippen LogP) is 6.21. The number of benzene rings is 3. The molecule has 7 nitrogen and oxygen atoms in total. The Morgan fingerprint density at radius 2 is 1.74 bits per heavy atom. The van der Waals surface area contributed by atoms with Crippen LogP contribution < -0.4 is 19.1 Å². The van der Waals surface area contributed by atoms with E-state index in [0.29, 0.717) is 40.7 Å². The van der Waals surface area contributed by atoms with E-state index in [1.807, 2.05) is 45.9 Å². The average Bonchev–Trinajstić information content (AvgIpc) is 3.17. The first-order chi connectivity index (χ1) is 18.2. The Morgan fingerprint density at radius 3 is 2.42 bits per heavy atom. The molecule has 1 saturated heterocycles. The third-order valence-corrected chi connectivity index (χ3v) is 6.23. The van der Waals surface area contributed by atoms with Gasteiger partial charge in [0.2, 0.25) is 0 Å². The molecular weight excluding hydrogens is 482 g/mol. The molecule has 1 heterocycles. The Morgan fingerprint density at radius 1 is 1.00 bits per heavy atom. The summed E-state index contributed by atoms with van der Waals surface area (Å²) in [5.74, 6) is 0.0868. The number of Topliss-reactive ketones (excluding diaryl/α,β-unsaturated/α-hetero) is 1. The summed E-state index contributed by atoms with van der Waals surface area (Å²) in [5.41, 5.74) is 2.35. The largest absolute Gasteiger partial charge is 0.507 e. The zero-order valence-corrected chi connectivity index (χ0v) is 22.4. The van der Waals surface area contributed by atoms with Crippen molar-refractivity contribution in [3.05, 3.63) is 89.0 Å². The number of amides is 1. The minimum absolute atomic E-state index is 0.00106. The number of carbonyl (C=O) groups is 2. The first-order valence-electron chi connectivity index (χ1n) is 12.7. The summed E-state index contributed by atoms with van der Waals surface area (Å²) in [4.78, 5) is 28.4. The summed E-state index contributed by atoms with van der Waals surface area (Å²) >= 11 is 0. The van der Waals surface area contributed by atoms with Crippen molar-refractivity contribution in [2.75, 3.05) is 18.6 Å². The van der Waals surface area contributed by atoms with Gasteiger partial charge in [-0.1, -0.05) is 25.1 Å². The molecule has 1 aliphatic rings. The van der Waals surface area contributed by atoms with E-state index in [0.717, 1.165) is 12.0 Å². The van der Waals surface area contributed by atoms with Gasteiger partial charge in [-0.15, -0.1) is 0 Å². The molecule has 1 fully saturated rings. The van der Waals surface area contributed by atoms with Gasteiger partial charge in [-0.2, -0.15) is 0 Å². The van der Waals surface area contributed by atoms with Gasteiger partial charge in [0.05, 0.1) is 31.4 Å². The summed E-state index contributed by atoms with van der Waals surface area (Å²) in [7, 11) is 1.54. The van der Waals surface area contributed by atoms with Crippen molar-refractivity contribution in [2.45, 2.75) is 46.3 Å². The van der Waals surface area contributed by atoms with Crippen LogP contribution in [0.3, 0.4) is 0 Å². The van der Waals surface area contributed by atoms with Crippen molar-refractivity contribution in [1.82, 2.24) is 0 Å². The Labute approximate surface area is 223 Å². The average molecular weight is 516 g/mol. The van der Waals surface area contributed by atoms with Gasteiger partial charge in [0.25, 0.3) is 11.7 Å². The summed E-state index contributed by atoms with van der Waals surface area (Å²) in [6, 6.07) is 18.5. The zero-order chi connectivity index (χ0) is 27.4. The second-order valence-corrected chi connectivity index (χ2v) is 9.44. The molecule has 0 radical (unpaired) electrons. The normalized spacial score (nSPS) is 16.7. The first kappa shape index (κ1) is 26.8. The fraction of sp³-hybridized carbons (Fsp3) is 0.290. The van der Waals surface area contributed by atoms with Gasteiger partial charge in [0, 0.05) is 17.3 Å². The van der Waals surface area contributed by atoms with Crippen LogP contribution in [0.4, 0.5) is 5.69 Å². The van der Waals surface area contributed by atoms with Gasteiger partial charge in [-0.05, 0) is 80.8 Å². The SMILES string of the molecule is CCCOc1ccc(/C(O)=C2\C(=O)C(=O)N(c3cccc(OC)c3)C2c2cccc(OC(C)C)c2)cc1C. The lowest BCUT2D eigenvalue weighted by Gasteiger charge is -2.26. The van der Waals surface area contributed by atoms with E-state index in [4.69, 9.17) is 14.2 Å². The number of methoxy groups -OCH3 is 1. The number of carbonyl (C=O) groups excluding carboxylic acids is 2. The number of nitrogens with zero attached hydrogens (tertiary/aromatic N) is 1. The van der Waals surface area contributed by atoms with E-state index in [-0.39, 0.29) is 17.4 Å². The lowest BCUT2D eigenvalue weighted by molar-refractivity contribution is -0.132. The molecule has 4 rings (SSSR count). The van der Waals surface area contributed by atoms with Crippen LogP contribution in [-0.4, -0.2) is 36.6 Å². The molecule has 1 unspecified atom stereocenters. The highest BCUT2D eigenvalue weighted by atomic mass is 16.5. The number of anilines is 1. The fourth-order valence-corrected chi connectivity index (χ4v) is 4.53. The number of aliphatic hydroxyl groups excluding tert-OH is 1. The Bertz CT molecular complexity index is 1380. The van der Waals surface area contributed by atoms with Gasteiger partial charge in [0.1, 0.15) is 23.0 Å². The summed E-state index contributed by atoms with van der Waals surface area (Å²) in [5, 5.41) is 11.5. The van der Waals surface area contributed by atoms with Gasteiger partial charge in [0.15, 0.2) is 0 Å². The highest BCUT2D eigenvalue weighted by molar-refractivity contribution is 6.51. The maximum Gasteiger partial charge on any atom is 0.300 e. The molecule has 0 saturated carbocycles. The lowest BCUT2D eigenvalue weighted by atomic mass is 9.94. The number of aliphatic hydroxyl groups is 1. The van der Waals surface area contributed by atoms with Gasteiger partial charge in [-0.3, -0.25) is 14.5 Å². The van der Waals surface area contributed by atoms with E-state index >= 15 is 0 Å². The van der Waals surface area contributed by atoms with E-state index in [9.17, 15) is 14.7 Å². The molecule has 38 heavy (non-hydrogen) atoms. The first-order valence-corrected chi connectivity index (χ1v) is 12.7. The topological polar surface area (TPSA) is 85.3 Å². The smallest absolute Gasteiger partial charge is 0.300 e. The van der Waals surface area contributed by atoms with E-state index < -0.39 is 17.7 Å². The lowest BCUT2D eigenvalue weighted by Crippen LogP contribution is -2.29. The molecule has 3 aromatic rings. The highest BCUT2D eigenvalue weighted by Gasteiger charge is 2.47. The predicted molar refractivity (Wildman–Crippen MR) is 147 cm³/mol. The Kier molecular flexibility index (Phi) is 8.05. The van der Waals surface area contributed by atoms with Crippen LogP contribution in [0.1, 0.15) is 49.9 Å². The molecule has 0 bridgehead atoms. The second kappa shape index (κ2) is 11.4. The number of aryl methyl sites for hydroxylation is 1. The van der Waals surface area contributed by atoms with Crippen molar-refractivity contribution < 1.29 is 28.9 Å². The number of hydrogen-bond acceptors (Lipinski definition) is 6. The van der Waals surface area contributed by atoms with Crippen molar-refractivity contribution in [2.24, 2.45) is 0 Å².